The quantitative estimate of drug-likeness (QED) is 0.871. The fourth-order valence-corrected chi connectivity index (χ4v) is 1.76. The van der Waals surface area contributed by atoms with Crippen molar-refractivity contribution < 1.29 is 9.53 Å². The van der Waals surface area contributed by atoms with Crippen LogP contribution in [-0.2, 0) is 4.79 Å². The maximum Gasteiger partial charge on any atom is 0.260 e. The van der Waals surface area contributed by atoms with Crippen molar-refractivity contribution >= 4 is 5.91 Å². The second-order valence-corrected chi connectivity index (χ2v) is 4.76. The Hall–Kier alpha value is -1.51. The highest BCUT2D eigenvalue weighted by molar-refractivity contribution is 5.80. The fourth-order valence-electron chi connectivity index (χ4n) is 1.76. The smallest absolute Gasteiger partial charge is 0.260 e. The summed E-state index contributed by atoms with van der Waals surface area (Å²) in [5, 5.41) is 2.84. The van der Waals surface area contributed by atoms with Crippen molar-refractivity contribution in [3.63, 3.8) is 0 Å². The van der Waals surface area contributed by atoms with E-state index in [9.17, 15) is 4.79 Å². The van der Waals surface area contributed by atoms with E-state index in [-0.39, 0.29) is 5.91 Å². The van der Waals surface area contributed by atoms with Gasteiger partial charge in [-0.2, -0.15) is 0 Å². The number of hydrogen-bond donors (Lipinski definition) is 1. The van der Waals surface area contributed by atoms with E-state index < -0.39 is 6.10 Å². The average molecular weight is 249 g/mol. The maximum atomic E-state index is 11.8. The van der Waals surface area contributed by atoms with E-state index in [4.69, 9.17) is 4.74 Å². The lowest BCUT2D eigenvalue weighted by Crippen LogP contribution is -2.36. The second-order valence-electron chi connectivity index (χ2n) is 4.76. The summed E-state index contributed by atoms with van der Waals surface area (Å²) in [5.74, 6) is 0.738. The topological polar surface area (TPSA) is 38.3 Å². The van der Waals surface area contributed by atoms with Gasteiger partial charge in [-0.3, -0.25) is 4.79 Å². The van der Waals surface area contributed by atoms with Crippen molar-refractivity contribution in [1.82, 2.24) is 5.32 Å². The van der Waals surface area contributed by atoms with Crippen LogP contribution in [0.2, 0.25) is 0 Å². The normalized spacial score (nSPS) is 12.1. The van der Waals surface area contributed by atoms with Gasteiger partial charge < -0.3 is 10.1 Å². The molecule has 0 unspecified atom stereocenters. The molecule has 100 valence electrons. The van der Waals surface area contributed by atoms with Crippen molar-refractivity contribution in [1.29, 1.82) is 0 Å². The van der Waals surface area contributed by atoms with Crippen LogP contribution in [0.5, 0.6) is 5.75 Å². The highest BCUT2D eigenvalue weighted by Crippen LogP contribution is 2.24. The molecule has 0 heterocycles. The van der Waals surface area contributed by atoms with Gasteiger partial charge in [0.25, 0.3) is 5.91 Å². The lowest BCUT2D eigenvalue weighted by atomic mass is 10.1. The molecule has 0 fully saturated rings. The Bertz CT molecular complexity index is 427. The number of aryl methyl sites for hydroxylation is 2. The van der Waals surface area contributed by atoms with Gasteiger partial charge in [0.15, 0.2) is 6.10 Å². The Morgan fingerprint density at radius 3 is 2.61 bits per heavy atom. The highest BCUT2D eigenvalue weighted by atomic mass is 16.5. The summed E-state index contributed by atoms with van der Waals surface area (Å²) < 4.78 is 5.75. The summed E-state index contributed by atoms with van der Waals surface area (Å²) in [6.45, 7) is 10.6. The van der Waals surface area contributed by atoms with Gasteiger partial charge in [-0.05, 0) is 56.9 Å². The predicted molar refractivity (Wildman–Crippen MR) is 74.0 cm³/mol. The first kappa shape index (κ1) is 14.6. The SMILES string of the molecule is CCCNC(=O)[C@@H](C)Oc1cc(C)cc(C)c1C. The van der Waals surface area contributed by atoms with Crippen molar-refractivity contribution in [2.75, 3.05) is 6.54 Å². The molecule has 0 aromatic heterocycles. The minimum atomic E-state index is -0.462. The standard InChI is InChI=1S/C15H23NO2/c1-6-7-16-15(17)13(5)18-14-9-10(2)8-11(3)12(14)4/h8-9,13H,6-7H2,1-5H3,(H,16,17)/t13-/m1/s1. The monoisotopic (exact) mass is 249 g/mol. The summed E-state index contributed by atoms with van der Waals surface area (Å²) in [7, 11) is 0. The van der Waals surface area contributed by atoms with E-state index in [1.807, 2.05) is 26.8 Å². The zero-order chi connectivity index (χ0) is 13.7. The lowest BCUT2D eigenvalue weighted by Gasteiger charge is -2.17. The van der Waals surface area contributed by atoms with Gasteiger partial charge in [-0.25, -0.2) is 0 Å². The zero-order valence-electron chi connectivity index (χ0n) is 12.0. The molecule has 3 heteroatoms. The van der Waals surface area contributed by atoms with Gasteiger partial charge >= 0.3 is 0 Å². The molecule has 0 bridgehead atoms. The molecule has 0 aliphatic carbocycles. The average Bonchev–Trinajstić information content (AvgIpc) is 2.32. The highest BCUT2D eigenvalue weighted by Gasteiger charge is 2.15. The first-order chi connectivity index (χ1) is 8.45. The van der Waals surface area contributed by atoms with Gasteiger partial charge in [0.1, 0.15) is 5.75 Å². The van der Waals surface area contributed by atoms with Crippen LogP contribution in [0.15, 0.2) is 12.1 Å². The molecule has 0 aliphatic rings. The van der Waals surface area contributed by atoms with Crippen LogP contribution in [0, 0.1) is 20.8 Å². The third-order valence-electron chi connectivity index (χ3n) is 2.99. The summed E-state index contributed by atoms with van der Waals surface area (Å²) >= 11 is 0. The molecule has 1 aromatic carbocycles. The fraction of sp³-hybridized carbons (Fsp3) is 0.533. The van der Waals surface area contributed by atoms with Crippen LogP contribution >= 0.6 is 0 Å². The zero-order valence-corrected chi connectivity index (χ0v) is 12.0. The van der Waals surface area contributed by atoms with Gasteiger partial charge in [0.05, 0.1) is 0 Å². The summed E-state index contributed by atoms with van der Waals surface area (Å²) in [5.41, 5.74) is 3.43. The molecule has 0 radical (unpaired) electrons. The number of ether oxygens (including phenoxy) is 1. The molecular weight excluding hydrogens is 226 g/mol. The van der Waals surface area contributed by atoms with E-state index in [0.29, 0.717) is 6.54 Å². The molecule has 1 amide bonds. The van der Waals surface area contributed by atoms with Gasteiger partial charge in [0.2, 0.25) is 0 Å². The van der Waals surface area contributed by atoms with Crippen LogP contribution in [-0.4, -0.2) is 18.6 Å². The largest absolute Gasteiger partial charge is 0.481 e. The van der Waals surface area contributed by atoms with E-state index in [1.54, 1.807) is 6.92 Å². The van der Waals surface area contributed by atoms with E-state index in [2.05, 4.69) is 18.3 Å². The minimum absolute atomic E-state index is 0.0598. The van der Waals surface area contributed by atoms with Gasteiger partial charge in [-0.1, -0.05) is 13.0 Å². The third kappa shape index (κ3) is 3.76. The van der Waals surface area contributed by atoms with Crippen molar-refractivity contribution in [3.05, 3.63) is 28.8 Å². The maximum absolute atomic E-state index is 11.8. The second kappa shape index (κ2) is 6.43. The van der Waals surface area contributed by atoms with E-state index >= 15 is 0 Å². The number of amides is 1. The Balaban J connectivity index is 2.75. The number of hydrogen-bond acceptors (Lipinski definition) is 2. The molecule has 0 spiro atoms. The number of rotatable bonds is 5. The molecule has 0 saturated carbocycles. The third-order valence-corrected chi connectivity index (χ3v) is 2.99. The molecule has 0 saturated heterocycles. The molecule has 3 nitrogen and oxygen atoms in total. The molecule has 1 aromatic rings. The van der Waals surface area contributed by atoms with Crippen LogP contribution in [0.25, 0.3) is 0 Å². The Morgan fingerprint density at radius 1 is 1.33 bits per heavy atom. The molecule has 1 N–H and O–H groups in total. The Labute approximate surface area is 110 Å². The number of benzene rings is 1. The summed E-state index contributed by atoms with van der Waals surface area (Å²) in [4.78, 5) is 11.8. The van der Waals surface area contributed by atoms with Crippen LogP contribution in [0.1, 0.15) is 37.0 Å². The van der Waals surface area contributed by atoms with Gasteiger partial charge in [0, 0.05) is 6.54 Å². The minimum Gasteiger partial charge on any atom is -0.481 e. The molecular formula is C15H23NO2. The number of nitrogens with one attached hydrogen (secondary N) is 1. The first-order valence-electron chi connectivity index (χ1n) is 6.48. The van der Waals surface area contributed by atoms with Crippen molar-refractivity contribution in [2.45, 2.75) is 47.1 Å². The first-order valence-corrected chi connectivity index (χ1v) is 6.48. The Kier molecular flexibility index (Phi) is 5.20. The van der Waals surface area contributed by atoms with E-state index in [0.717, 1.165) is 23.3 Å². The van der Waals surface area contributed by atoms with Gasteiger partial charge in [-0.15, -0.1) is 0 Å². The van der Waals surface area contributed by atoms with Crippen LogP contribution in [0.4, 0.5) is 0 Å². The lowest BCUT2D eigenvalue weighted by molar-refractivity contribution is -0.127. The molecule has 0 aliphatic heterocycles. The Morgan fingerprint density at radius 2 is 2.00 bits per heavy atom. The van der Waals surface area contributed by atoms with E-state index in [1.165, 1.54) is 5.56 Å². The van der Waals surface area contributed by atoms with Crippen LogP contribution in [0.3, 0.4) is 0 Å². The molecule has 1 rings (SSSR count). The van der Waals surface area contributed by atoms with Crippen LogP contribution < -0.4 is 10.1 Å². The van der Waals surface area contributed by atoms with Crippen molar-refractivity contribution in [2.24, 2.45) is 0 Å². The number of carbonyl (C=O) groups excluding carboxylic acids is 1. The molecule has 1 atom stereocenters. The summed E-state index contributed by atoms with van der Waals surface area (Å²) in [6.07, 6.45) is 0.470. The number of carbonyl (C=O) groups is 1. The molecule has 18 heavy (non-hydrogen) atoms. The summed E-state index contributed by atoms with van der Waals surface area (Å²) in [6, 6.07) is 4.09. The predicted octanol–water partition coefficient (Wildman–Crippen LogP) is 2.91. The van der Waals surface area contributed by atoms with Crippen molar-refractivity contribution in [3.8, 4) is 5.75 Å².